The molecule has 94 valence electrons. The molecular formula is C13H8Cl2N4. The zero-order valence-electron chi connectivity index (χ0n) is 9.66. The standard InChI is InChI=1S/C13H8Cl2N4/c14-10-8-16-13(15)17-12(10)11-6-7-19(18-11)9-4-2-1-3-5-9/h1-8H. The van der Waals surface area contributed by atoms with E-state index in [1.807, 2.05) is 42.6 Å². The molecule has 0 fully saturated rings. The number of hydrogen-bond acceptors (Lipinski definition) is 3. The Morgan fingerprint density at radius 1 is 1.00 bits per heavy atom. The molecule has 6 heteroatoms. The van der Waals surface area contributed by atoms with Crippen molar-refractivity contribution >= 4 is 23.2 Å². The third-order valence-electron chi connectivity index (χ3n) is 2.57. The molecule has 0 aliphatic carbocycles. The summed E-state index contributed by atoms with van der Waals surface area (Å²) >= 11 is 11.8. The molecule has 2 aromatic heterocycles. The van der Waals surface area contributed by atoms with Crippen LogP contribution in [0.2, 0.25) is 10.3 Å². The first-order valence-corrected chi connectivity index (χ1v) is 6.29. The molecule has 0 radical (unpaired) electrons. The summed E-state index contributed by atoms with van der Waals surface area (Å²) < 4.78 is 1.75. The highest BCUT2D eigenvalue weighted by atomic mass is 35.5. The predicted molar refractivity (Wildman–Crippen MR) is 74.6 cm³/mol. The van der Waals surface area contributed by atoms with Crippen molar-refractivity contribution in [3.05, 3.63) is 59.1 Å². The van der Waals surface area contributed by atoms with Gasteiger partial charge in [0.2, 0.25) is 5.28 Å². The quantitative estimate of drug-likeness (QED) is 0.677. The average Bonchev–Trinajstić information content (AvgIpc) is 2.92. The highest BCUT2D eigenvalue weighted by molar-refractivity contribution is 6.33. The van der Waals surface area contributed by atoms with Crippen molar-refractivity contribution in [2.75, 3.05) is 0 Å². The van der Waals surface area contributed by atoms with Crippen LogP contribution < -0.4 is 0 Å². The molecule has 19 heavy (non-hydrogen) atoms. The monoisotopic (exact) mass is 290 g/mol. The van der Waals surface area contributed by atoms with Gasteiger partial charge in [-0.3, -0.25) is 0 Å². The number of hydrogen-bond donors (Lipinski definition) is 0. The highest BCUT2D eigenvalue weighted by Gasteiger charge is 2.10. The van der Waals surface area contributed by atoms with Gasteiger partial charge in [0.25, 0.3) is 0 Å². The average molecular weight is 291 g/mol. The normalized spacial score (nSPS) is 10.6. The van der Waals surface area contributed by atoms with Crippen LogP contribution in [0.25, 0.3) is 17.1 Å². The lowest BCUT2D eigenvalue weighted by Crippen LogP contribution is -1.95. The zero-order valence-corrected chi connectivity index (χ0v) is 11.2. The van der Waals surface area contributed by atoms with E-state index >= 15 is 0 Å². The third-order valence-corrected chi connectivity index (χ3v) is 3.03. The van der Waals surface area contributed by atoms with Gasteiger partial charge in [0, 0.05) is 6.20 Å². The number of nitrogens with zero attached hydrogens (tertiary/aromatic N) is 4. The fourth-order valence-electron chi connectivity index (χ4n) is 1.70. The van der Waals surface area contributed by atoms with E-state index in [0.717, 1.165) is 5.69 Å². The van der Waals surface area contributed by atoms with Crippen LogP contribution >= 0.6 is 23.2 Å². The molecule has 0 amide bonds. The van der Waals surface area contributed by atoms with Crippen LogP contribution in [0.4, 0.5) is 0 Å². The largest absolute Gasteiger partial charge is 0.240 e. The van der Waals surface area contributed by atoms with E-state index < -0.39 is 0 Å². The van der Waals surface area contributed by atoms with Gasteiger partial charge in [-0.2, -0.15) is 5.10 Å². The summed E-state index contributed by atoms with van der Waals surface area (Å²) in [6.45, 7) is 0. The van der Waals surface area contributed by atoms with Crippen molar-refractivity contribution < 1.29 is 0 Å². The molecule has 0 N–H and O–H groups in total. The van der Waals surface area contributed by atoms with Gasteiger partial charge in [-0.1, -0.05) is 29.8 Å². The first kappa shape index (κ1) is 12.1. The van der Waals surface area contributed by atoms with Gasteiger partial charge < -0.3 is 0 Å². The van der Waals surface area contributed by atoms with E-state index in [4.69, 9.17) is 23.2 Å². The second-order valence-corrected chi connectivity index (χ2v) is 4.56. The van der Waals surface area contributed by atoms with Crippen LogP contribution in [0.15, 0.2) is 48.8 Å². The Kier molecular flexibility index (Phi) is 3.19. The second kappa shape index (κ2) is 4.99. The van der Waals surface area contributed by atoms with Crippen molar-refractivity contribution in [1.82, 2.24) is 19.7 Å². The van der Waals surface area contributed by atoms with Crippen molar-refractivity contribution in [1.29, 1.82) is 0 Å². The summed E-state index contributed by atoms with van der Waals surface area (Å²) in [4.78, 5) is 7.91. The van der Waals surface area contributed by atoms with Crippen LogP contribution in [-0.4, -0.2) is 19.7 Å². The van der Waals surface area contributed by atoms with Crippen molar-refractivity contribution in [3.8, 4) is 17.1 Å². The minimum Gasteiger partial charge on any atom is -0.240 e. The van der Waals surface area contributed by atoms with Gasteiger partial charge >= 0.3 is 0 Å². The Bertz CT molecular complexity index is 710. The Morgan fingerprint density at radius 3 is 2.58 bits per heavy atom. The Morgan fingerprint density at radius 2 is 1.79 bits per heavy atom. The van der Waals surface area contributed by atoms with E-state index in [2.05, 4.69) is 15.1 Å². The molecule has 0 saturated heterocycles. The number of halogens is 2. The molecule has 0 atom stereocenters. The maximum absolute atomic E-state index is 6.05. The number of benzene rings is 1. The van der Waals surface area contributed by atoms with E-state index in [1.54, 1.807) is 4.68 Å². The van der Waals surface area contributed by atoms with Gasteiger partial charge in [0.1, 0.15) is 11.4 Å². The van der Waals surface area contributed by atoms with Gasteiger partial charge in [0.15, 0.2) is 0 Å². The van der Waals surface area contributed by atoms with Crippen LogP contribution in [0.1, 0.15) is 0 Å². The van der Waals surface area contributed by atoms with Crippen LogP contribution in [0.5, 0.6) is 0 Å². The molecule has 0 unspecified atom stereocenters. The lowest BCUT2D eigenvalue weighted by Gasteiger charge is -2.01. The van der Waals surface area contributed by atoms with Crippen molar-refractivity contribution in [2.45, 2.75) is 0 Å². The summed E-state index contributed by atoms with van der Waals surface area (Å²) in [5.74, 6) is 0. The van der Waals surface area contributed by atoms with Crippen molar-refractivity contribution in [3.63, 3.8) is 0 Å². The molecule has 0 spiro atoms. The Labute approximate surface area is 119 Å². The maximum atomic E-state index is 6.05. The van der Waals surface area contributed by atoms with Crippen molar-refractivity contribution in [2.24, 2.45) is 0 Å². The molecule has 0 saturated carbocycles. The van der Waals surface area contributed by atoms with Crippen LogP contribution in [-0.2, 0) is 0 Å². The molecule has 0 bridgehead atoms. The first-order chi connectivity index (χ1) is 9.24. The summed E-state index contributed by atoms with van der Waals surface area (Å²) in [7, 11) is 0. The molecular weight excluding hydrogens is 283 g/mol. The Balaban J connectivity index is 2.04. The predicted octanol–water partition coefficient (Wildman–Crippen LogP) is 3.64. The topological polar surface area (TPSA) is 43.6 Å². The number of aromatic nitrogens is 4. The fourth-order valence-corrected chi connectivity index (χ4v) is 2.02. The number of para-hydroxylation sites is 1. The maximum Gasteiger partial charge on any atom is 0.223 e. The molecule has 3 rings (SSSR count). The number of rotatable bonds is 2. The lowest BCUT2D eigenvalue weighted by molar-refractivity contribution is 0.882. The van der Waals surface area contributed by atoms with Gasteiger partial charge in [-0.25, -0.2) is 14.6 Å². The highest BCUT2D eigenvalue weighted by Crippen LogP contribution is 2.25. The van der Waals surface area contributed by atoms with Gasteiger partial charge in [-0.15, -0.1) is 0 Å². The molecule has 3 aromatic rings. The SMILES string of the molecule is Clc1ncc(Cl)c(-c2ccn(-c3ccccc3)n2)n1. The van der Waals surface area contributed by atoms with Crippen LogP contribution in [0, 0.1) is 0 Å². The van der Waals surface area contributed by atoms with Gasteiger partial charge in [0.05, 0.1) is 16.9 Å². The minimum absolute atomic E-state index is 0.147. The second-order valence-electron chi connectivity index (χ2n) is 3.82. The molecule has 4 nitrogen and oxygen atoms in total. The molecule has 2 heterocycles. The molecule has 1 aromatic carbocycles. The summed E-state index contributed by atoms with van der Waals surface area (Å²) in [5, 5.41) is 5.00. The summed E-state index contributed by atoms with van der Waals surface area (Å²) in [6.07, 6.45) is 3.31. The minimum atomic E-state index is 0.147. The van der Waals surface area contributed by atoms with E-state index in [1.165, 1.54) is 6.20 Å². The molecule has 0 aliphatic heterocycles. The summed E-state index contributed by atoms with van der Waals surface area (Å²) in [5.41, 5.74) is 2.14. The smallest absolute Gasteiger partial charge is 0.223 e. The zero-order chi connectivity index (χ0) is 13.2. The van der Waals surface area contributed by atoms with E-state index in [-0.39, 0.29) is 5.28 Å². The Hall–Kier alpha value is -1.91. The summed E-state index contributed by atoms with van der Waals surface area (Å²) in [6, 6.07) is 11.6. The first-order valence-electron chi connectivity index (χ1n) is 5.53. The fraction of sp³-hybridized carbons (Fsp3) is 0. The molecule has 0 aliphatic rings. The third kappa shape index (κ3) is 2.45. The van der Waals surface area contributed by atoms with E-state index in [0.29, 0.717) is 16.4 Å². The lowest BCUT2D eigenvalue weighted by atomic mass is 10.3. The van der Waals surface area contributed by atoms with E-state index in [9.17, 15) is 0 Å². The van der Waals surface area contributed by atoms with Gasteiger partial charge in [-0.05, 0) is 29.8 Å². The van der Waals surface area contributed by atoms with Crippen LogP contribution in [0.3, 0.4) is 0 Å².